The summed E-state index contributed by atoms with van der Waals surface area (Å²) in [5.74, 6) is 0.191. The van der Waals surface area contributed by atoms with Crippen molar-refractivity contribution in [2.75, 3.05) is 26.2 Å². The number of carbonyl (C=O) groups is 1. The van der Waals surface area contributed by atoms with Crippen molar-refractivity contribution < 1.29 is 18.0 Å². The van der Waals surface area contributed by atoms with Crippen LogP contribution in [0.3, 0.4) is 0 Å². The van der Waals surface area contributed by atoms with E-state index in [9.17, 15) is 18.0 Å². The molecule has 3 N–H and O–H groups in total. The smallest absolute Gasteiger partial charge is 0.356 e. The van der Waals surface area contributed by atoms with E-state index in [0.717, 1.165) is 25.7 Å². The molecule has 0 bridgehead atoms. The molecule has 21 heavy (non-hydrogen) atoms. The average Bonchev–Trinajstić information content (AvgIpc) is 2.82. The minimum atomic E-state index is -4.14. The number of nitrogens with two attached hydrogens (primary N) is 1. The maximum Gasteiger partial charge on any atom is 0.401 e. The molecule has 1 atom stereocenters. The van der Waals surface area contributed by atoms with Crippen molar-refractivity contribution in [1.29, 1.82) is 0 Å². The molecule has 1 aliphatic carbocycles. The molecule has 0 aromatic heterocycles. The molecular formula is C14H24F3N3O. The van der Waals surface area contributed by atoms with Crippen LogP contribution in [-0.2, 0) is 4.79 Å². The Morgan fingerprint density at radius 3 is 2.48 bits per heavy atom. The third-order valence-corrected chi connectivity index (χ3v) is 4.48. The lowest BCUT2D eigenvalue weighted by molar-refractivity contribution is -0.143. The van der Waals surface area contributed by atoms with Crippen LogP contribution in [0.4, 0.5) is 13.2 Å². The summed E-state index contributed by atoms with van der Waals surface area (Å²) < 4.78 is 36.9. The Labute approximate surface area is 123 Å². The summed E-state index contributed by atoms with van der Waals surface area (Å²) >= 11 is 0. The van der Waals surface area contributed by atoms with E-state index in [-0.39, 0.29) is 23.8 Å². The van der Waals surface area contributed by atoms with Crippen LogP contribution in [0, 0.1) is 11.8 Å². The molecule has 0 aromatic carbocycles. The number of halogens is 3. The molecule has 2 fully saturated rings. The Balaban J connectivity index is 1.66. The molecular weight excluding hydrogens is 283 g/mol. The zero-order valence-corrected chi connectivity index (χ0v) is 12.2. The molecule has 1 heterocycles. The first-order chi connectivity index (χ1) is 9.83. The third kappa shape index (κ3) is 5.47. The Morgan fingerprint density at radius 1 is 1.19 bits per heavy atom. The SMILES string of the molecule is NC1CCC(C(=O)NCC2CCN(CC(F)(F)F)C2)CC1. The van der Waals surface area contributed by atoms with E-state index in [1.807, 2.05) is 0 Å². The van der Waals surface area contributed by atoms with Crippen molar-refractivity contribution in [2.24, 2.45) is 17.6 Å². The van der Waals surface area contributed by atoms with E-state index >= 15 is 0 Å². The molecule has 1 unspecified atom stereocenters. The monoisotopic (exact) mass is 307 g/mol. The fourth-order valence-electron chi connectivity index (χ4n) is 3.25. The van der Waals surface area contributed by atoms with Gasteiger partial charge < -0.3 is 11.1 Å². The van der Waals surface area contributed by atoms with Gasteiger partial charge in [-0.2, -0.15) is 13.2 Å². The minimum absolute atomic E-state index is 0.0254. The maximum atomic E-state index is 12.3. The van der Waals surface area contributed by atoms with Gasteiger partial charge in [-0.15, -0.1) is 0 Å². The summed E-state index contributed by atoms with van der Waals surface area (Å²) in [4.78, 5) is 13.4. The highest BCUT2D eigenvalue weighted by Gasteiger charge is 2.34. The summed E-state index contributed by atoms with van der Waals surface area (Å²) in [5.41, 5.74) is 5.81. The second-order valence-corrected chi connectivity index (χ2v) is 6.36. The second-order valence-electron chi connectivity index (χ2n) is 6.36. The Bertz CT molecular complexity index is 354. The van der Waals surface area contributed by atoms with Crippen molar-refractivity contribution in [3.8, 4) is 0 Å². The standard InChI is InChI=1S/C14H24F3N3O/c15-14(16,17)9-20-6-5-10(8-20)7-19-13(21)11-1-3-12(18)4-2-11/h10-12H,1-9,18H2,(H,19,21). The fourth-order valence-corrected chi connectivity index (χ4v) is 3.25. The molecule has 2 rings (SSSR count). The number of nitrogens with one attached hydrogen (secondary N) is 1. The number of hydrogen-bond donors (Lipinski definition) is 2. The first kappa shape index (κ1) is 16.5. The van der Waals surface area contributed by atoms with E-state index < -0.39 is 12.7 Å². The topological polar surface area (TPSA) is 58.4 Å². The predicted molar refractivity (Wildman–Crippen MR) is 73.5 cm³/mol. The molecule has 0 aromatic rings. The number of likely N-dealkylation sites (tertiary alicyclic amines) is 1. The van der Waals surface area contributed by atoms with Gasteiger partial charge in [0, 0.05) is 25.0 Å². The lowest BCUT2D eigenvalue weighted by Crippen LogP contribution is -2.39. The van der Waals surface area contributed by atoms with Crippen LogP contribution in [0.2, 0.25) is 0 Å². The molecule has 1 aliphatic heterocycles. The summed E-state index contributed by atoms with van der Waals surface area (Å²) in [6.45, 7) is 0.501. The van der Waals surface area contributed by atoms with Crippen molar-refractivity contribution in [3.63, 3.8) is 0 Å². The first-order valence-electron chi connectivity index (χ1n) is 7.66. The molecule has 0 radical (unpaired) electrons. The normalized spacial score (nSPS) is 31.3. The lowest BCUT2D eigenvalue weighted by atomic mass is 9.86. The molecule has 1 saturated heterocycles. The van der Waals surface area contributed by atoms with Crippen LogP contribution in [0.15, 0.2) is 0 Å². The molecule has 2 aliphatic rings. The van der Waals surface area contributed by atoms with E-state index in [1.54, 1.807) is 0 Å². The highest BCUT2D eigenvalue weighted by atomic mass is 19.4. The predicted octanol–water partition coefficient (Wildman–Crippen LogP) is 1.50. The van der Waals surface area contributed by atoms with Gasteiger partial charge in [-0.25, -0.2) is 0 Å². The summed E-state index contributed by atoms with van der Waals surface area (Å²) in [6, 6.07) is 0.208. The number of carbonyl (C=O) groups excluding carboxylic acids is 1. The maximum absolute atomic E-state index is 12.3. The zero-order chi connectivity index (χ0) is 15.5. The molecule has 1 saturated carbocycles. The van der Waals surface area contributed by atoms with Crippen molar-refractivity contribution >= 4 is 5.91 Å². The molecule has 7 heteroatoms. The van der Waals surface area contributed by atoms with Crippen molar-refractivity contribution in [1.82, 2.24) is 10.2 Å². The number of alkyl halides is 3. The molecule has 0 spiro atoms. The van der Waals surface area contributed by atoms with Gasteiger partial charge in [-0.05, 0) is 44.6 Å². The third-order valence-electron chi connectivity index (χ3n) is 4.48. The van der Waals surface area contributed by atoms with Gasteiger partial charge in [0.15, 0.2) is 0 Å². The van der Waals surface area contributed by atoms with Crippen molar-refractivity contribution in [2.45, 2.75) is 44.3 Å². The van der Waals surface area contributed by atoms with E-state index in [0.29, 0.717) is 26.1 Å². The molecule has 1 amide bonds. The summed E-state index contributed by atoms with van der Waals surface area (Å²) in [6.07, 6.45) is -0.0393. The highest BCUT2D eigenvalue weighted by Crippen LogP contribution is 2.24. The van der Waals surface area contributed by atoms with Crippen LogP contribution < -0.4 is 11.1 Å². The van der Waals surface area contributed by atoms with Gasteiger partial charge in [0.2, 0.25) is 5.91 Å². The van der Waals surface area contributed by atoms with E-state index in [1.165, 1.54) is 4.90 Å². The fraction of sp³-hybridized carbons (Fsp3) is 0.929. The van der Waals surface area contributed by atoms with Gasteiger partial charge in [0.25, 0.3) is 0 Å². The summed E-state index contributed by atoms with van der Waals surface area (Å²) in [7, 11) is 0. The summed E-state index contributed by atoms with van der Waals surface area (Å²) in [5, 5.41) is 2.90. The highest BCUT2D eigenvalue weighted by molar-refractivity contribution is 5.78. The van der Waals surface area contributed by atoms with Gasteiger partial charge in [-0.1, -0.05) is 0 Å². The average molecular weight is 307 g/mol. The number of rotatable bonds is 4. The Hall–Kier alpha value is -0.820. The zero-order valence-electron chi connectivity index (χ0n) is 12.2. The largest absolute Gasteiger partial charge is 0.401 e. The quantitative estimate of drug-likeness (QED) is 0.827. The van der Waals surface area contributed by atoms with Gasteiger partial charge in [0.05, 0.1) is 6.54 Å². The van der Waals surface area contributed by atoms with Crippen LogP contribution in [-0.4, -0.2) is 49.2 Å². The van der Waals surface area contributed by atoms with Gasteiger partial charge in [0.1, 0.15) is 0 Å². The minimum Gasteiger partial charge on any atom is -0.356 e. The number of hydrogen-bond acceptors (Lipinski definition) is 3. The van der Waals surface area contributed by atoms with Gasteiger partial charge in [-0.3, -0.25) is 9.69 Å². The Kier molecular flexibility index (Phi) is 5.48. The second kappa shape index (κ2) is 6.96. The van der Waals surface area contributed by atoms with E-state index in [4.69, 9.17) is 5.73 Å². The van der Waals surface area contributed by atoms with Crippen LogP contribution in [0.1, 0.15) is 32.1 Å². The van der Waals surface area contributed by atoms with E-state index in [2.05, 4.69) is 5.32 Å². The van der Waals surface area contributed by atoms with Crippen molar-refractivity contribution in [3.05, 3.63) is 0 Å². The van der Waals surface area contributed by atoms with Crippen LogP contribution >= 0.6 is 0 Å². The Morgan fingerprint density at radius 2 is 1.86 bits per heavy atom. The van der Waals surface area contributed by atoms with Gasteiger partial charge >= 0.3 is 6.18 Å². The lowest BCUT2D eigenvalue weighted by Gasteiger charge is -2.25. The van der Waals surface area contributed by atoms with Crippen LogP contribution in [0.5, 0.6) is 0 Å². The number of nitrogens with zero attached hydrogens (tertiary/aromatic N) is 1. The first-order valence-corrected chi connectivity index (χ1v) is 7.66. The van der Waals surface area contributed by atoms with Crippen LogP contribution in [0.25, 0.3) is 0 Å². The number of amides is 1. The molecule has 4 nitrogen and oxygen atoms in total. The molecule has 122 valence electrons.